The molecule has 10 heteroatoms. The number of carbonyl (C=O) groups excluding carboxylic acids is 3. The highest BCUT2D eigenvalue weighted by Crippen LogP contribution is 2.23. The largest absolute Gasteiger partial charge is 0.497 e. The van der Waals surface area contributed by atoms with Crippen LogP contribution in [0, 0.1) is 0 Å². The van der Waals surface area contributed by atoms with Gasteiger partial charge in [0.1, 0.15) is 17.5 Å². The highest BCUT2D eigenvalue weighted by molar-refractivity contribution is 7.14. The maximum atomic E-state index is 12.6. The van der Waals surface area contributed by atoms with E-state index in [1.807, 2.05) is 18.2 Å². The number of nitrogens with one attached hydrogen (secondary N) is 2. The summed E-state index contributed by atoms with van der Waals surface area (Å²) in [7, 11) is 1.56. The van der Waals surface area contributed by atoms with Crippen LogP contribution in [-0.4, -0.2) is 45.9 Å². The third-order valence-corrected chi connectivity index (χ3v) is 5.43. The van der Waals surface area contributed by atoms with Gasteiger partial charge in [0.2, 0.25) is 5.91 Å². The number of hydrogen-bond acceptors (Lipinski definition) is 7. The van der Waals surface area contributed by atoms with Crippen LogP contribution in [0.15, 0.2) is 54.0 Å². The van der Waals surface area contributed by atoms with Crippen LogP contribution >= 0.6 is 11.3 Å². The average molecular weight is 437 g/mol. The Morgan fingerprint density at radius 3 is 2.71 bits per heavy atom. The van der Waals surface area contributed by atoms with Gasteiger partial charge in [-0.2, -0.15) is 0 Å². The van der Waals surface area contributed by atoms with Crippen molar-refractivity contribution in [3.63, 3.8) is 0 Å². The van der Waals surface area contributed by atoms with Crippen molar-refractivity contribution < 1.29 is 19.1 Å². The van der Waals surface area contributed by atoms with Crippen molar-refractivity contribution in [2.75, 3.05) is 12.4 Å². The lowest BCUT2D eigenvalue weighted by atomic mass is 10.1. The van der Waals surface area contributed by atoms with Gasteiger partial charge in [-0.3, -0.25) is 19.5 Å². The first-order chi connectivity index (χ1) is 15.0. The lowest BCUT2D eigenvalue weighted by Crippen LogP contribution is -2.34. The molecule has 0 spiro atoms. The number of thiazole rings is 1. The number of rotatable bonds is 7. The van der Waals surface area contributed by atoms with E-state index in [4.69, 9.17) is 4.74 Å². The molecule has 0 aliphatic carbocycles. The molecule has 2 aromatic heterocycles. The molecule has 158 valence electrons. The fourth-order valence-corrected chi connectivity index (χ4v) is 3.82. The van der Waals surface area contributed by atoms with Crippen molar-refractivity contribution in [2.45, 2.75) is 19.0 Å². The molecule has 9 nitrogen and oxygen atoms in total. The van der Waals surface area contributed by atoms with E-state index in [1.165, 1.54) is 11.3 Å². The fraction of sp³-hybridized carbons (Fsp3) is 0.190. The predicted molar refractivity (Wildman–Crippen MR) is 114 cm³/mol. The summed E-state index contributed by atoms with van der Waals surface area (Å²) in [5.74, 6) is -0.167. The van der Waals surface area contributed by atoms with E-state index >= 15 is 0 Å². The second kappa shape index (κ2) is 8.92. The van der Waals surface area contributed by atoms with Crippen LogP contribution in [0.1, 0.15) is 12.0 Å². The maximum Gasteiger partial charge on any atom is 0.325 e. The van der Waals surface area contributed by atoms with E-state index in [0.717, 1.165) is 10.5 Å². The lowest BCUT2D eigenvalue weighted by Gasteiger charge is -2.13. The van der Waals surface area contributed by atoms with Crippen molar-refractivity contribution >= 4 is 34.3 Å². The zero-order valence-corrected chi connectivity index (χ0v) is 17.4. The minimum atomic E-state index is -0.916. The third-order valence-electron chi connectivity index (χ3n) is 4.67. The van der Waals surface area contributed by atoms with Crippen molar-refractivity contribution in [2.24, 2.45) is 0 Å². The molecule has 1 aliphatic heterocycles. The van der Waals surface area contributed by atoms with Gasteiger partial charge < -0.3 is 15.4 Å². The Bertz CT molecular complexity index is 1100. The van der Waals surface area contributed by atoms with E-state index in [1.54, 1.807) is 43.0 Å². The van der Waals surface area contributed by atoms with Gasteiger partial charge in [0, 0.05) is 11.6 Å². The fourth-order valence-electron chi connectivity index (χ4n) is 3.10. The van der Waals surface area contributed by atoms with Crippen LogP contribution in [-0.2, 0) is 16.1 Å². The third kappa shape index (κ3) is 4.69. The van der Waals surface area contributed by atoms with Gasteiger partial charge in [0.15, 0.2) is 5.13 Å². The molecule has 0 radical (unpaired) electrons. The number of aromatic nitrogens is 2. The second-order valence-electron chi connectivity index (χ2n) is 6.78. The normalized spacial score (nSPS) is 15.6. The number of imide groups is 1. The molecule has 0 bridgehead atoms. The number of nitrogens with zero attached hydrogens (tertiary/aromatic N) is 3. The van der Waals surface area contributed by atoms with E-state index in [-0.39, 0.29) is 13.0 Å². The smallest absolute Gasteiger partial charge is 0.325 e. The lowest BCUT2D eigenvalue weighted by molar-refractivity contribution is -0.130. The summed E-state index contributed by atoms with van der Waals surface area (Å²) < 4.78 is 5.11. The van der Waals surface area contributed by atoms with Crippen LogP contribution < -0.4 is 15.4 Å². The van der Waals surface area contributed by atoms with Crippen molar-refractivity contribution in [3.8, 4) is 17.1 Å². The Hall–Kier alpha value is -3.79. The zero-order chi connectivity index (χ0) is 21.8. The first-order valence-corrected chi connectivity index (χ1v) is 10.3. The number of methoxy groups -OCH3 is 1. The summed E-state index contributed by atoms with van der Waals surface area (Å²) in [6.45, 7) is 0.118. The number of carbonyl (C=O) groups is 3. The summed E-state index contributed by atoms with van der Waals surface area (Å²) >= 11 is 1.26. The van der Waals surface area contributed by atoms with E-state index in [2.05, 4.69) is 20.6 Å². The van der Waals surface area contributed by atoms with Crippen molar-refractivity contribution in [3.05, 3.63) is 59.6 Å². The van der Waals surface area contributed by atoms with Gasteiger partial charge in [-0.25, -0.2) is 9.78 Å². The first kappa shape index (κ1) is 20.5. The van der Waals surface area contributed by atoms with E-state index in [9.17, 15) is 14.4 Å². The number of hydrogen-bond donors (Lipinski definition) is 2. The molecule has 1 atom stereocenters. The van der Waals surface area contributed by atoms with E-state index in [0.29, 0.717) is 22.3 Å². The predicted octanol–water partition coefficient (Wildman–Crippen LogP) is 2.66. The highest BCUT2D eigenvalue weighted by atomic mass is 32.1. The molecule has 0 saturated carbocycles. The number of amides is 4. The van der Waals surface area contributed by atoms with Gasteiger partial charge >= 0.3 is 6.03 Å². The number of urea groups is 1. The van der Waals surface area contributed by atoms with Crippen molar-refractivity contribution in [1.82, 2.24) is 20.2 Å². The molecule has 31 heavy (non-hydrogen) atoms. The molecule has 3 aromatic rings. The first-order valence-electron chi connectivity index (χ1n) is 9.45. The zero-order valence-electron chi connectivity index (χ0n) is 16.6. The summed E-state index contributed by atoms with van der Waals surface area (Å²) in [5, 5.41) is 7.43. The molecule has 4 rings (SSSR count). The molecular weight excluding hydrogens is 418 g/mol. The Labute approximate surface area is 182 Å². The SMILES string of the molecule is COc1ccc(CN2C(=O)N[C@H](CC(=O)Nc3nc(-c4ccccn4)cs3)C2=O)cc1. The molecule has 1 saturated heterocycles. The summed E-state index contributed by atoms with van der Waals surface area (Å²) in [4.78, 5) is 47.0. The van der Waals surface area contributed by atoms with Gasteiger partial charge in [-0.1, -0.05) is 18.2 Å². The van der Waals surface area contributed by atoms with Crippen LogP contribution in [0.4, 0.5) is 9.93 Å². The second-order valence-corrected chi connectivity index (χ2v) is 7.64. The number of anilines is 1. The Morgan fingerprint density at radius 1 is 1.19 bits per heavy atom. The standard InChI is InChI=1S/C21H19N5O4S/c1-30-14-7-5-13(6-8-14)11-26-19(28)16(24-21(26)29)10-18(27)25-20-23-17(12-31-20)15-4-2-3-9-22-15/h2-9,12,16H,10-11H2,1H3,(H,24,29)(H,23,25,27)/t16-/m1/s1. The summed E-state index contributed by atoms with van der Waals surface area (Å²) in [5.41, 5.74) is 2.13. The maximum absolute atomic E-state index is 12.6. The number of benzene rings is 1. The van der Waals surface area contributed by atoms with Crippen LogP contribution in [0.5, 0.6) is 5.75 Å². The molecular formula is C21H19N5O4S. The molecule has 3 heterocycles. The molecule has 2 N–H and O–H groups in total. The number of ether oxygens (including phenoxy) is 1. The summed E-state index contributed by atoms with van der Waals surface area (Å²) in [6, 6.07) is 11.1. The van der Waals surface area contributed by atoms with Gasteiger partial charge in [-0.15, -0.1) is 11.3 Å². The average Bonchev–Trinajstić information content (AvgIpc) is 3.35. The minimum Gasteiger partial charge on any atom is -0.497 e. The topological polar surface area (TPSA) is 114 Å². The molecule has 4 amide bonds. The molecule has 0 unspecified atom stereocenters. The van der Waals surface area contributed by atoms with Gasteiger partial charge in [0.25, 0.3) is 5.91 Å². The monoisotopic (exact) mass is 437 g/mol. The number of pyridine rings is 1. The highest BCUT2D eigenvalue weighted by Gasteiger charge is 2.39. The minimum absolute atomic E-state index is 0.118. The van der Waals surface area contributed by atoms with Gasteiger partial charge in [-0.05, 0) is 29.8 Å². The Balaban J connectivity index is 1.35. The van der Waals surface area contributed by atoms with Gasteiger partial charge in [0.05, 0.1) is 25.8 Å². The molecule has 1 fully saturated rings. The van der Waals surface area contributed by atoms with Crippen LogP contribution in [0.2, 0.25) is 0 Å². The van der Waals surface area contributed by atoms with E-state index < -0.39 is 23.9 Å². The quantitative estimate of drug-likeness (QED) is 0.550. The van der Waals surface area contributed by atoms with Crippen molar-refractivity contribution in [1.29, 1.82) is 0 Å². The van der Waals surface area contributed by atoms with Crippen LogP contribution in [0.3, 0.4) is 0 Å². The molecule has 1 aromatic carbocycles. The molecule has 1 aliphatic rings. The Morgan fingerprint density at radius 2 is 2.00 bits per heavy atom. The Kier molecular flexibility index (Phi) is 5.89. The van der Waals surface area contributed by atoms with Crippen LogP contribution in [0.25, 0.3) is 11.4 Å². The summed E-state index contributed by atoms with van der Waals surface area (Å²) in [6.07, 6.45) is 1.49.